The van der Waals surface area contributed by atoms with Crippen LogP contribution in [0.4, 0.5) is 0 Å². The maximum atomic E-state index is 9.82. The Bertz CT molecular complexity index is 197. The number of hydrogen-bond donors (Lipinski definition) is 2. The number of ether oxygens (including phenoxy) is 1. The second-order valence-electron chi connectivity index (χ2n) is 4.78. The molecule has 0 aromatic carbocycles. The first kappa shape index (κ1) is 11.3. The lowest BCUT2D eigenvalue weighted by atomic mass is 10.2. The molecule has 1 aliphatic carbocycles. The van der Waals surface area contributed by atoms with E-state index in [1.807, 2.05) is 0 Å². The average molecular weight is 214 g/mol. The van der Waals surface area contributed by atoms with Gasteiger partial charge in [-0.1, -0.05) is 0 Å². The average Bonchev–Trinajstić information content (AvgIpc) is 2.98. The number of rotatable bonds is 5. The van der Waals surface area contributed by atoms with E-state index in [1.165, 1.54) is 12.8 Å². The molecule has 1 heterocycles. The molecule has 0 spiro atoms. The molecule has 88 valence electrons. The predicted molar refractivity (Wildman–Crippen MR) is 58.9 cm³/mol. The van der Waals surface area contributed by atoms with Gasteiger partial charge in [0.2, 0.25) is 0 Å². The van der Waals surface area contributed by atoms with Crippen LogP contribution in [0, 0.1) is 0 Å². The topological polar surface area (TPSA) is 44.7 Å². The minimum atomic E-state index is -0.240. The molecule has 2 N–H and O–H groups in total. The van der Waals surface area contributed by atoms with Gasteiger partial charge in [0.15, 0.2) is 0 Å². The quantitative estimate of drug-likeness (QED) is 0.666. The molecule has 1 aliphatic heterocycles. The van der Waals surface area contributed by atoms with E-state index >= 15 is 0 Å². The Balaban J connectivity index is 1.61. The van der Waals surface area contributed by atoms with Gasteiger partial charge in [-0.3, -0.25) is 4.90 Å². The first-order valence-electron chi connectivity index (χ1n) is 5.99. The summed E-state index contributed by atoms with van der Waals surface area (Å²) in [5.41, 5.74) is 0. The molecule has 0 aromatic rings. The molecular formula is C11H22N2O2. The highest BCUT2D eigenvalue weighted by molar-refractivity contribution is 4.82. The maximum Gasteiger partial charge on any atom is 0.0791 e. The van der Waals surface area contributed by atoms with Crippen LogP contribution in [0.3, 0.4) is 0 Å². The third-order valence-corrected chi connectivity index (χ3v) is 3.01. The van der Waals surface area contributed by atoms with Gasteiger partial charge in [-0.05, 0) is 19.8 Å². The number of aliphatic hydroxyl groups is 1. The molecular weight excluding hydrogens is 192 g/mol. The van der Waals surface area contributed by atoms with Crippen molar-refractivity contribution in [2.75, 3.05) is 32.8 Å². The van der Waals surface area contributed by atoms with E-state index in [2.05, 4.69) is 17.1 Å². The highest BCUT2D eigenvalue weighted by atomic mass is 16.5. The van der Waals surface area contributed by atoms with Crippen LogP contribution in [-0.4, -0.2) is 61.0 Å². The van der Waals surface area contributed by atoms with Crippen molar-refractivity contribution >= 4 is 0 Å². The Morgan fingerprint density at radius 2 is 2.33 bits per heavy atom. The molecule has 1 saturated heterocycles. The second-order valence-corrected chi connectivity index (χ2v) is 4.78. The van der Waals surface area contributed by atoms with E-state index in [9.17, 15) is 5.11 Å². The molecule has 0 amide bonds. The fourth-order valence-electron chi connectivity index (χ4n) is 2.01. The predicted octanol–water partition coefficient (Wildman–Crippen LogP) is -0.180. The zero-order valence-electron chi connectivity index (χ0n) is 9.48. The van der Waals surface area contributed by atoms with Crippen molar-refractivity contribution in [1.29, 1.82) is 0 Å². The van der Waals surface area contributed by atoms with Crippen LogP contribution < -0.4 is 5.32 Å². The standard InChI is InChI=1S/C11H22N2O2/c1-9-7-13(4-5-15-9)8-11(14)6-12-10-2-3-10/h9-12,14H,2-8H2,1H3. The number of β-amino-alcohol motifs (C(OH)–C–C–N with tert-alkyl or cyclic N) is 1. The van der Waals surface area contributed by atoms with Gasteiger partial charge in [-0.25, -0.2) is 0 Å². The fraction of sp³-hybridized carbons (Fsp3) is 1.00. The van der Waals surface area contributed by atoms with Gasteiger partial charge in [-0.15, -0.1) is 0 Å². The Morgan fingerprint density at radius 1 is 1.53 bits per heavy atom. The molecule has 2 fully saturated rings. The minimum absolute atomic E-state index is 0.240. The van der Waals surface area contributed by atoms with Crippen molar-refractivity contribution in [2.45, 2.75) is 38.0 Å². The first-order valence-corrected chi connectivity index (χ1v) is 5.99. The summed E-state index contributed by atoms with van der Waals surface area (Å²) < 4.78 is 5.46. The van der Waals surface area contributed by atoms with Crippen LogP contribution in [0.2, 0.25) is 0 Å². The lowest BCUT2D eigenvalue weighted by Gasteiger charge is -2.32. The monoisotopic (exact) mass is 214 g/mol. The van der Waals surface area contributed by atoms with E-state index in [-0.39, 0.29) is 6.10 Å². The molecule has 1 saturated carbocycles. The number of nitrogens with zero attached hydrogens (tertiary/aromatic N) is 1. The van der Waals surface area contributed by atoms with Crippen molar-refractivity contribution in [1.82, 2.24) is 10.2 Å². The van der Waals surface area contributed by atoms with Gasteiger partial charge in [0.25, 0.3) is 0 Å². The van der Waals surface area contributed by atoms with Crippen molar-refractivity contribution in [2.24, 2.45) is 0 Å². The van der Waals surface area contributed by atoms with Gasteiger partial charge in [0.05, 0.1) is 18.8 Å². The van der Waals surface area contributed by atoms with E-state index in [0.717, 1.165) is 32.8 Å². The normalized spacial score (nSPS) is 30.4. The lowest BCUT2D eigenvalue weighted by molar-refractivity contribution is -0.0313. The summed E-state index contributed by atoms with van der Waals surface area (Å²) in [6.45, 7) is 6.28. The van der Waals surface area contributed by atoms with Gasteiger partial charge in [0, 0.05) is 32.2 Å². The smallest absolute Gasteiger partial charge is 0.0791 e. The van der Waals surface area contributed by atoms with E-state index < -0.39 is 0 Å². The minimum Gasteiger partial charge on any atom is -0.390 e. The Kier molecular flexibility index (Phi) is 3.97. The van der Waals surface area contributed by atoms with E-state index in [0.29, 0.717) is 12.1 Å². The molecule has 4 heteroatoms. The molecule has 2 aliphatic rings. The van der Waals surface area contributed by atoms with Crippen molar-refractivity contribution in [3.63, 3.8) is 0 Å². The fourth-order valence-corrected chi connectivity index (χ4v) is 2.01. The van der Waals surface area contributed by atoms with Crippen LogP contribution in [0.5, 0.6) is 0 Å². The first-order chi connectivity index (χ1) is 7.24. The highest BCUT2D eigenvalue weighted by Crippen LogP contribution is 2.18. The van der Waals surface area contributed by atoms with Gasteiger partial charge < -0.3 is 15.2 Å². The summed E-state index contributed by atoms with van der Waals surface area (Å²) in [5.74, 6) is 0. The third kappa shape index (κ3) is 4.07. The Labute approximate surface area is 91.6 Å². The van der Waals surface area contributed by atoms with Crippen LogP contribution in [-0.2, 0) is 4.74 Å². The lowest BCUT2D eigenvalue weighted by Crippen LogP contribution is -2.46. The van der Waals surface area contributed by atoms with Crippen LogP contribution in [0.15, 0.2) is 0 Å². The van der Waals surface area contributed by atoms with Crippen molar-refractivity contribution < 1.29 is 9.84 Å². The zero-order chi connectivity index (χ0) is 10.7. The molecule has 15 heavy (non-hydrogen) atoms. The third-order valence-electron chi connectivity index (χ3n) is 3.01. The van der Waals surface area contributed by atoms with Gasteiger partial charge >= 0.3 is 0 Å². The summed E-state index contributed by atoms with van der Waals surface area (Å²) >= 11 is 0. The zero-order valence-corrected chi connectivity index (χ0v) is 9.48. The summed E-state index contributed by atoms with van der Waals surface area (Å²) in [6, 6.07) is 0.684. The number of hydrogen-bond acceptors (Lipinski definition) is 4. The SMILES string of the molecule is CC1CN(CC(O)CNC2CC2)CCO1. The van der Waals surface area contributed by atoms with E-state index in [4.69, 9.17) is 4.74 Å². The van der Waals surface area contributed by atoms with E-state index in [1.54, 1.807) is 0 Å². The Morgan fingerprint density at radius 3 is 3.00 bits per heavy atom. The van der Waals surface area contributed by atoms with Crippen LogP contribution in [0.1, 0.15) is 19.8 Å². The molecule has 0 bridgehead atoms. The van der Waals surface area contributed by atoms with Gasteiger partial charge in [0.1, 0.15) is 0 Å². The molecule has 0 aromatic heterocycles. The summed E-state index contributed by atoms with van der Waals surface area (Å²) in [4.78, 5) is 2.29. The molecule has 2 rings (SSSR count). The van der Waals surface area contributed by atoms with Crippen LogP contribution >= 0.6 is 0 Å². The summed E-state index contributed by atoms with van der Waals surface area (Å²) in [6.07, 6.45) is 2.63. The number of nitrogens with one attached hydrogen (secondary N) is 1. The molecule has 2 unspecified atom stereocenters. The largest absolute Gasteiger partial charge is 0.390 e. The highest BCUT2D eigenvalue weighted by Gasteiger charge is 2.23. The molecule has 4 nitrogen and oxygen atoms in total. The summed E-state index contributed by atoms with van der Waals surface area (Å²) in [5, 5.41) is 13.2. The maximum absolute atomic E-state index is 9.82. The Hall–Kier alpha value is -0.160. The van der Waals surface area contributed by atoms with Gasteiger partial charge in [-0.2, -0.15) is 0 Å². The van der Waals surface area contributed by atoms with Crippen molar-refractivity contribution in [3.8, 4) is 0 Å². The summed E-state index contributed by atoms with van der Waals surface area (Å²) in [7, 11) is 0. The second kappa shape index (κ2) is 5.25. The molecule has 2 atom stereocenters. The number of morpholine rings is 1. The van der Waals surface area contributed by atoms with Crippen molar-refractivity contribution in [3.05, 3.63) is 0 Å². The van der Waals surface area contributed by atoms with Crippen LogP contribution in [0.25, 0.3) is 0 Å². The molecule has 0 radical (unpaired) electrons. The number of aliphatic hydroxyl groups excluding tert-OH is 1.